The smallest absolute Gasteiger partial charge is 0.191 e. The second-order valence-corrected chi connectivity index (χ2v) is 7.01. The van der Waals surface area contributed by atoms with E-state index in [0.717, 1.165) is 41.5 Å². The van der Waals surface area contributed by atoms with Crippen molar-refractivity contribution >= 4 is 29.9 Å². The zero-order chi connectivity index (χ0) is 18.8. The number of aromatic nitrogens is 1. The molecule has 1 aliphatic rings. The first kappa shape index (κ1) is 23.9. The predicted molar refractivity (Wildman–Crippen MR) is 123 cm³/mol. The molecule has 1 aromatic heterocycles. The van der Waals surface area contributed by atoms with Crippen LogP contribution in [-0.2, 0) is 6.54 Å². The molecule has 1 fully saturated rings. The van der Waals surface area contributed by atoms with Crippen LogP contribution in [0.5, 0.6) is 5.75 Å². The molecule has 7 heteroatoms. The van der Waals surface area contributed by atoms with Crippen LogP contribution >= 0.6 is 24.0 Å². The third-order valence-electron chi connectivity index (χ3n) is 5.04. The van der Waals surface area contributed by atoms with E-state index in [1.54, 1.807) is 14.2 Å². The molecular formula is C20H36IN5O. The number of hydrogen-bond donors (Lipinski definition) is 2. The number of hydrogen-bond acceptors (Lipinski definition) is 4. The Kier molecular flexibility index (Phi) is 11.7. The maximum Gasteiger partial charge on any atom is 0.191 e. The highest BCUT2D eigenvalue weighted by atomic mass is 127. The lowest BCUT2D eigenvalue weighted by molar-refractivity contribution is 0.282. The highest BCUT2D eigenvalue weighted by Gasteiger charge is 2.10. The van der Waals surface area contributed by atoms with E-state index in [1.807, 2.05) is 20.0 Å². The van der Waals surface area contributed by atoms with Crippen LogP contribution in [-0.4, -0.2) is 56.2 Å². The Bertz CT molecular complexity index is 586. The lowest BCUT2D eigenvalue weighted by atomic mass is 10.1. The Morgan fingerprint density at radius 2 is 1.89 bits per heavy atom. The van der Waals surface area contributed by atoms with Gasteiger partial charge in [0.15, 0.2) is 5.96 Å². The molecule has 1 aromatic rings. The van der Waals surface area contributed by atoms with E-state index in [4.69, 9.17) is 4.74 Å². The van der Waals surface area contributed by atoms with E-state index < -0.39 is 0 Å². The second kappa shape index (κ2) is 13.1. The molecule has 2 heterocycles. The van der Waals surface area contributed by atoms with Gasteiger partial charge < -0.3 is 20.3 Å². The number of pyridine rings is 1. The lowest BCUT2D eigenvalue weighted by Crippen LogP contribution is -2.38. The molecule has 0 spiro atoms. The van der Waals surface area contributed by atoms with E-state index >= 15 is 0 Å². The quantitative estimate of drug-likeness (QED) is 0.267. The second-order valence-electron chi connectivity index (χ2n) is 7.01. The van der Waals surface area contributed by atoms with Crippen molar-refractivity contribution in [3.05, 3.63) is 23.0 Å². The van der Waals surface area contributed by atoms with Gasteiger partial charge in [-0.25, -0.2) is 0 Å². The molecular weight excluding hydrogens is 453 g/mol. The average Bonchev–Trinajstić information content (AvgIpc) is 2.92. The molecule has 6 nitrogen and oxygen atoms in total. The van der Waals surface area contributed by atoms with Crippen molar-refractivity contribution in [1.29, 1.82) is 0 Å². The summed E-state index contributed by atoms with van der Waals surface area (Å²) in [5, 5.41) is 6.76. The Morgan fingerprint density at radius 1 is 1.19 bits per heavy atom. The minimum absolute atomic E-state index is 0. The largest absolute Gasteiger partial charge is 0.496 e. The molecule has 0 amide bonds. The molecule has 0 aromatic carbocycles. The molecule has 1 aliphatic heterocycles. The number of aliphatic imine (C=N–C) groups is 1. The Hall–Kier alpha value is -1.09. The van der Waals surface area contributed by atoms with E-state index in [9.17, 15) is 0 Å². The maximum absolute atomic E-state index is 5.48. The zero-order valence-electron chi connectivity index (χ0n) is 17.3. The van der Waals surface area contributed by atoms with Crippen LogP contribution in [0, 0.1) is 13.8 Å². The molecule has 0 bridgehead atoms. The summed E-state index contributed by atoms with van der Waals surface area (Å²) in [5.74, 6) is 1.74. The number of methoxy groups -OCH3 is 1. The summed E-state index contributed by atoms with van der Waals surface area (Å²) in [7, 11) is 3.51. The van der Waals surface area contributed by atoms with Gasteiger partial charge in [-0.2, -0.15) is 0 Å². The summed E-state index contributed by atoms with van der Waals surface area (Å²) in [6, 6.07) is 0. The predicted octanol–water partition coefficient (Wildman–Crippen LogP) is 3.26. The molecule has 0 radical (unpaired) electrons. The van der Waals surface area contributed by atoms with Crippen LogP contribution in [0.3, 0.4) is 0 Å². The van der Waals surface area contributed by atoms with Crippen LogP contribution in [0.1, 0.15) is 48.9 Å². The van der Waals surface area contributed by atoms with Crippen LogP contribution in [0.4, 0.5) is 0 Å². The molecule has 1 saturated heterocycles. The number of likely N-dealkylation sites (tertiary alicyclic amines) is 1. The van der Waals surface area contributed by atoms with Crippen molar-refractivity contribution in [2.45, 2.75) is 52.5 Å². The molecule has 27 heavy (non-hydrogen) atoms. The Balaban J connectivity index is 0.00000364. The number of guanidine groups is 1. The van der Waals surface area contributed by atoms with Gasteiger partial charge in [0.1, 0.15) is 5.75 Å². The fraction of sp³-hybridized carbons (Fsp3) is 0.700. The first-order valence-electron chi connectivity index (χ1n) is 9.81. The average molecular weight is 489 g/mol. The SMILES string of the molecule is CN=C(NCCCN1CCCCCC1)NCc1ncc(C)c(OC)c1C.I. The van der Waals surface area contributed by atoms with Crippen molar-refractivity contribution in [3.8, 4) is 5.75 Å². The summed E-state index contributed by atoms with van der Waals surface area (Å²) in [6.07, 6.45) is 8.48. The number of nitrogens with zero attached hydrogens (tertiary/aromatic N) is 3. The molecule has 0 aliphatic carbocycles. The lowest BCUT2D eigenvalue weighted by Gasteiger charge is -2.20. The van der Waals surface area contributed by atoms with E-state index in [-0.39, 0.29) is 24.0 Å². The minimum atomic E-state index is 0. The molecule has 154 valence electrons. The monoisotopic (exact) mass is 489 g/mol. The van der Waals surface area contributed by atoms with E-state index in [1.165, 1.54) is 45.3 Å². The summed E-state index contributed by atoms with van der Waals surface area (Å²) in [4.78, 5) is 11.4. The van der Waals surface area contributed by atoms with Crippen LogP contribution in [0.15, 0.2) is 11.2 Å². The maximum atomic E-state index is 5.48. The van der Waals surface area contributed by atoms with Gasteiger partial charge >= 0.3 is 0 Å². The van der Waals surface area contributed by atoms with Crippen LogP contribution in [0.25, 0.3) is 0 Å². The van der Waals surface area contributed by atoms with Crippen molar-refractivity contribution in [3.63, 3.8) is 0 Å². The van der Waals surface area contributed by atoms with Crippen LogP contribution in [0.2, 0.25) is 0 Å². The van der Waals surface area contributed by atoms with E-state index in [0.29, 0.717) is 6.54 Å². The number of halogens is 1. The highest BCUT2D eigenvalue weighted by Crippen LogP contribution is 2.23. The third kappa shape index (κ3) is 7.81. The molecule has 0 saturated carbocycles. The zero-order valence-corrected chi connectivity index (χ0v) is 19.6. The summed E-state index contributed by atoms with van der Waals surface area (Å²) < 4.78 is 5.48. The first-order chi connectivity index (χ1) is 12.7. The van der Waals surface area contributed by atoms with Crippen molar-refractivity contribution in [1.82, 2.24) is 20.5 Å². The summed E-state index contributed by atoms with van der Waals surface area (Å²) >= 11 is 0. The molecule has 0 unspecified atom stereocenters. The Labute approximate surface area is 181 Å². The van der Waals surface area contributed by atoms with Gasteiger partial charge in [-0.15, -0.1) is 24.0 Å². The number of rotatable bonds is 7. The van der Waals surface area contributed by atoms with E-state index in [2.05, 4.69) is 25.5 Å². The molecule has 0 atom stereocenters. The van der Waals surface area contributed by atoms with Gasteiger partial charge in [0.2, 0.25) is 0 Å². The number of ether oxygens (including phenoxy) is 1. The first-order valence-corrected chi connectivity index (χ1v) is 9.81. The van der Waals surface area contributed by atoms with Gasteiger partial charge in [0, 0.05) is 30.9 Å². The van der Waals surface area contributed by atoms with Crippen molar-refractivity contribution in [2.24, 2.45) is 4.99 Å². The summed E-state index contributed by atoms with van der Waals surface area (Å²) in [6.45, 7) is 9.31. The van der Waals surface area contributed by atoms with Gasteiger partial charge in [-0.3, -0.25) is 9.98 Å². The third-order valence-corrected chi connectivity index (χ3v) is 5.04. The highest BCUT2D eigenvalue weighted by molar-refractivity contribution is 14.0. The van der Waals surface area contributed by atoms with Gasteiger partial charge in [0.25, 0.3) is 0 Å². The summed E-state index contributed by atoms with van der Waals surface area (Å²) in [5.41, 5.74) is 3.13. The topological polar surface area (TPSA) is 61.8 Å². The fourth-order valence-corrected chi connectivity index (χ4v) is 3.51. The van der Waals surface area contributed by atoms with Crippen molar-refractivity contribution in [2.75, 3.05) is 40.3 Å². The number of aryl methyl sites for hydroxylation is 1. The Morgan fingerprint density at radius 3 is 2.52 bits per heavy atom. The number of nitrogens with one attached hydrogen (secondary N) is 2. The van der Waals surface area contributed by atoms with Crippen LogP contribution < -0.4 is 15.4 Å². The molecule has 2 N–H and O–H groups in total. The minimum Gasteiger partial charge on any atom is -0.496 e. The van der Waals surface area contributed by atoms with Gasteiger partial charge in [-0.05, 0) is 52.7 Å². The normalized spacial score (nSPS) is 15.6. The van der Waals surface area contributed by atoms with Gasteiger partial charge in [0.05, 0.1) is 19.3 Å². The standard InChI is InChI=1S/C20H35N5O.HI/c1-16-14-23-18(17(2)19(16)26-4)15-24-20(21-3)22-10-9-13-25-11-7-5-6-8-12-25;/h14H,5-13,15H2,1-4H3,(H2,21,22,24);1H. The fourth-order valence-electron chi connectivity index (χ4n) is 3.51. The van der Waals surface area contributed by atoms with Gasteiger partial charge in [-0.1, -0.05) is 12.8 Å². The molecule has 2 rings (SSSR count). The van der Waals surface area contributed by atoms with Crippen molar-refractivity contribution < 1.29 is 4.74 Å².